The fourth-order valence-corrected chi connectivity index (χ4v) is 3.84. The van der Waals surface area contributed by atoms with E-state index in [-0.39, 0.29) is 36.2 Å². The minimum absolute atomic E-state index is 0.0618. The van der Waals surface area contributed by atoms with Crippen molar-refractivity contribution in [3.63, 3.8) is 0 Å². The molecular weight excluding hydrogens is 330 g/mol. The van der Waals surface area contributed by atoms with Crippen molar-refractivity contribution in [3.8, 4) is 0 Å². The Labute approximate surface area is 153 Å². The van der Waals surface area contributed by atoms with Crippen molar-refractivity contribution in [1.29, 1.82) is 0 Å². The first-order valence-corrected chi connectivity index (χ1v) is 9.19. The van der Waals surface area contributed by atoms with Crippen LogP contribution in [-0.2, 0) is 9.59 Å². The number of rotatable bonds is 6. The Morgan fingerprint density at radius 3 is 2.92 bits per heavy atom. The molecule has 2 atom stereocenters. The van der Waals surface area contributed by atoms with Crippen LogP contribution in [0.3, 0.4) is 0 Å². The Kier molecular flexibility index (Phi) is 5.71. The van der Waals surface area contributed by atoms with E-state index < -0.39 is 0 Å². The molecule has 0 aromatic heterocycles. The van der Waals surface area contributed by atoms with Gasteiger partial charge in [0.15, 0.2) is 0 Å². The Balaban J connectivity index is 1.61. The molecule has 3 amide bonds. The summed E-state index contributed by atoms with van der Waals surface area (Å²) in [5.74, 6) is -0.239. The first-order valence-electron chi connectivity index (χ1n) is 9.19. The summed E-state index contributed by atoms with van der Waals surface area (Å²) in [5.41, 5.74) is 1.56. The summed E-state index contributed by atoms with van der Waals surface area (Å²) >= 11 is 0. The number of hydrogen-bond acceptors (Lipinski definition) is 3. The molecule has 0 radical (unpaired) electrons. The van der Waals surface area contributed by atoms with Crippen molar-refractivity contribution in [2.75, 3.05) is 13.1 Å². The zero-order valence-corrected chi connectivity index (χ0v) is 14.9. The minimum atomic E-state index is -0.255. The lowest BCUT2D eigenvalue weighted by Gasteiger charge is -2.36. The fourth-order valence-electron chi connectivity index (χ4n) is 3.84. The normalized spacial score (nSPS) is 21.7. The number of amides is 3. The van der Waals surface area contributed by atoms with Crippen molar-refractivity contribution in [2.24, 2.45) is 0 Å². The predicted octanol–water partition coefficient (Wildman–Crippen LogP) is 1.93. The molecule has 1 aromatic carbocycles. The van der Waals surface area contributed by atoms with Crippen molar-refractivity contribution in [3.05, 3.63) is 48.0 Å². The smallest absolute Gasteiger partial charge is 0.252 e. The summed E-state index contributed by atoms with van der Waals surface area (Å²) in [4.78, 5) is 38.2. The van der Waals surface area contributed by atoms with Gasteiger partial charge in [-0.1, -0.05) is 24.8 Å². The number of benzene rings is 1. The summed E-state index contributed by atoms with van der Waals surface area (Å²) in [6.07, 6.45) is 5.30. The lowest BCUT2D eigenvalue weighted by atomic mass is 9.97. The third kappa shape index (κ3) is 3.95. The highest BCUT2D eigenvalue weighted by molar-refractivity contribution is 5.99. The quantitative estimate of drug-likeness (QED) is 0.766. The number of likely N-dealkylation sites (tertiary alicyclic amines) is 1. The Bertz CT molecular complexity index is 716. The molecule has 2 aliphatic rings. The number of fused-ring (bicyclic) bond motifs is 1. The largest absolute Gasteiger partial charge is 0.352 e. The first-order chi connectivity index (χ1) is 12.6. The SMILES string of the molecule is C=CC(=O)NCCC1CCCCN1C(=O)CC1NC(=O)c2ccccc21. The van der Waals surface area contributed by atoms with Crippen LogP contribution in [0.1, 0.15) is 54.1 Å². The maximum absolute atomic E-state index is 12.9. The Hall–Kier alpha value is -2.63. The Morgan fingerprint density at radius 1 is 1.31 bits per heavy atom. The zero-order valence-electron chi connectivity index (χ0n) is 14.9. The monoisotopic (exact) mass is 355 g/mol. The van der Waals surface area contributed by atoms with E-state index >= 15 is 0 Å². The summed E-state index contributed by atoms with van der Waals surface area (Å²) in [6, 6.07) is 7.30. The maximum Gasteiger partial charge on any atom is 0.252 e. The van der Waals surface area contributed by atoms with E-state index in [0.717, 1.165) is 37.8 Å². The van der Waals surface area contributed by atoms with Gasteiger partial charge in [-0.25, -0.2) is 0 Å². The number of nitrogens with one attached hydrogen (secondary N) is 2. The molecule has 6 nitrogen and oxygen atoms in total. The number of carbonyl (C=O) groups is 3. The molecule has 1 fully saturated rings. The van der Waals surface area contributed by atoms with Crippen LogP contribution < -0.4 is 10.6 Å². The average Bonchev–Trinajstić information content (AvgIpc) is 2.98. The van der Waals surface area contributed by atoms with E-state index in [1.807, 2.05) is 23.1 Å². The van der Waals surface area contributed by atoms with Crippen LogP contribution in [0, 0.1) is 0 Å². The molecule has 138 valence electrons. The van der Waals surface area contributed by atoms with E-state index in [1.54, 1.807) is 6.07 Å². The number of carbonyl (C=O) groups excluding carboxylic acids is 3. The van der Waals surface area contributed by atoms with Crippen LogP contribution in [0.25, 0.3) is 0 Å². The predicted molar refractivity (Wildman–Crippen MR) is 98.4 cm³/mol. The van der Waals surface area contributed by atoms with Gasteiger partial charge in [-0.3, -0.25) is 14.4 Å². The number of nitrogens with zero attached hydrogens (tertiary/aromatic N) is 1. The molecule has 3 rings (SSSR count). The topological polar surface area (TPSA) is 78.5 Å². The molecule has 1 saturated heterocycles. The lowest BCUT2D eigenvalue weighted by molar-refractivity contribution is -0.135. The zero-order chi connectivity index (χ0) is 18.5. The molecule has 6 heteroatoms. The van der Waals surface area contributed by atoms with Gasteiger partial charge >= 0.3 is 0 Å². The lowest BCUT2D eigenvalue weighted by Crippen LogP contribution is -2.46. The average molecular weight is 355 g/mol. The molecule has 0 bridgehead atoms. The molecule has 0 aliphatic carbocycles. The summed E-state index contributed by atoms with van der Waals surface area (Å²) in [5, 5.41) is 5.69. The molecule has 0 saturated carbocycles. The van der Waals surface area contributed by atoms with Gasteiger partial charge in [0.05, 0.1) is 12.5 Å². The molecule has 2 N–H and O–H groups in total. The van der Waals surface area contributed by atoms with Gasteiger partial charge in [-0.15, -0.1) is 0 Å². The standard InChI is InChI=1S/C20H25N3O3/c1-2-18(24)21-11-10-14-7-5-6-12-23(14)19(25)13-17-15-8-3-4-9-16(15)20(26)22-17/h2-4,8-9,14,17H,1,5-7,10-13H2,(H,21,24)(H,22,26). The highest BCUT2D eigenvalue weighted by atomic mass is 16.2. The first kappa shape index (κ1) is 18.2. The van der Waals surface area contributed by atoms with E-state index in [2.05, 4.69) is 17.2 Å². The minimum Gasteiger partial charge on any atom is -0.352 e. The molecule has 1 aromatic rings. The fraction of sp³-hybridized carbons (Fsp3) is 0.450. The van der Waals surface area contributed by atoms with Crippen molar-refractivity contribution >= 4 is 17.7 Å². The second-order valence-corrected chi connectivity index (χ2v) is 6.84. The third-order valence-electron chi connectivity index (χ3n) is 5.17. The van der Waals surface area contributed by atoms with Crippen LogP contribution in [0.15, 0.2) is 36.9 Å². The van der Waals surface area contributed by atoms with Gasteiger partial charge in [0, 0.05) is 24.7 Å². The third-order valence-corrected chi connectivity index (χ3v) is 5.17. The van der Waals surface area contributed by atoms with Crippen LogP contribution in [0.5, 0.6) is 0 Å². The molecule has 2 heterocycles. The highest BCUT2D eigenvalue weighted by Crippen LogP contribution is 2.29. The Morgan fingerprint density at radius 2 is 2.12 bits per heavy atom. The van der Waals surface area contributed by atoms with E-state index in [4.69, 9.17) is 0 Å². The van der Waals surface area contributed by atoms with Crippen LogP contribution in [-0.4, -0.2) is 41.8 Å². The summed E-state index contributed by atoms with van der Waals surface area (Å²) in [6.45, 7) is 4.71. The van der Waals surface area contributed by atoms with E-state index in [9.17, 15) is 14.4 Å². The van der Waals surface area contributed by atoms with E-state index in [1.165, 1.54) is 6.08 Å². The van der Waals surface area contributed by atoms with Crippen LogP contribution in [0.2, 0.25) is 0 Å². The van der Waals surface area contributed by atoms with Crippen molar-refractivity contribution in [1.82, 2.24) is 15.5 Å². The second kappa shape index (κ2) is 8.17. The molecular formula is C20H25N3O3. The molecule has 2 aliphatic heterocycles. The van der Waals surface area contributed by atoms with Gasteiger partial charge in [-0.05, 0) is 43.4 Å². The van der Waals surface area contributed by atoms with Gasteiger partial charge in [0.1, 0.15) is 0 Å². The molecule has 2 unspecified atom stereocenters. The highest BCUT2D eigenvalue weighted by Gasteiger charge is 2.33. The number of hydrogen-bond donors (Lipinski definition) is 2. The summed E-state index contributed by atoms with van der Waals surface area (Å²) < 4.78 is 0. The maximum atomic E-state index is 12.9. The number of piperidine rings is 1. The van der Waals surface area contributed by atoms with Crippen LogP contribution in [0.4, 0.5) is 0 Å². The van der Waals surface area contributed by atoms with Gasteiger partial charge in [-0.2, -0.15) is 0 Å². The summed E-state index contributed by atoms with van der Waals surface area (Å²) in [7, 11) is 0. The van der Waals surface area contributed by atoms with Crippen molar-refractivity contribution < 1.29 is 14.4 Å². The van der Waals surface area contributed by atoms with Gasteiger partial charge in [0.2, 0.25) is 11.8 Å². The van der Waals surface area contributed by atoms with Crippen LogP contribution >= 0.6 is 0 Å². The van der Waals surface area contributed by atoms with E-state index in [0.29, 0.717) is 12.1 Å². The van der Waals surface area contributed by atoms with Gasteiger partial charge < -0.3 is 15.5 Å². The molecule has 26 heavy (non-hydrogen) atoms. The van der Waals surface area contributed by atoms with Gasteiger partial charge in [0.25, 0.3) is 5.91 Å². The second-order valence-electron chi connectivity index (χ2n) is 6.84. The molecule has 0 spiro atoms. The van der Waals surface area contributed by atoms with Crippen molar-refractivity contribution in [2.45, 2.75) is 44.2 Å².